The van der Waals surface area contributed by atoms with Gasteiger partial charge in [0.25, 0.3) is 0 Å². The Morgan fingerprint density at radius 2 is 2.00 bits per heavy atom. The molecule has 2 aromatic heterocycles. The minimum absolute atomic E-state index is 0.0744. The number of rotatable bonds is 0. The first-order valence-electron chi connectivity index (χ1n) is 4.68. The predicted molar refractivity (Wildman–Crippen MR) is 52.9 cm³/mol. The maximum absolute atomic E-state index is 4.22. The monoisotopic (exact) mass is 191 g/mol. The second-order valence-corrected chi connectivity index (χ2v) is 4.59. The first kappa shape index (κ1) is 9.12. The summed E-state index contributed by atoms with van der Waals surface area (Å²) in [7, 11) is 2.00. The molecule has 0 radical (unpaired) electrons. The van der Waals surface area contributed by atoms with E-state index in [1.807, 2.05) is 22.3 Å². The van der Waals surface area contributed by atoms with Crippen LogP contribution >= 0.6 is 0 Å². The minimum atomic E-state index is 0.0744. The van der Waals surface area contributed by atoms with Crippen molar-refractivity contribution in [2.75, 3.05) is 0 Å². The highest BCUT2D eigenvalue weighted by atomic mass is 15.3. The van der Waals surface area contributed by atoms with E-state index >= 15 is 0 Å². The summed E-state index contributed by atoms with van der Waals surface area (Å²) >= 11 is 0. The molecule has 2 heterocycles. The van der Waals surface area contributed by atoms with Gasteiger partial charge in [-0.3, -0.25) is 0 Å². The number of fused-ring (bicyclic) bond motifs is 1. The highest BCUT2D eigenvalue weighted by Crippen LogP contribution is 2.20. The Morgan fingerprint density at radius 1 is 1.29 bits per heavy atom. The van der Waals surface area contributed by atoms with Crippen LogP contribution in [0, 0.1) is 0 Å². The van der Waals surface area contributed by atoms with Gasteiger partial charge in [0.1, 0.15) is 19.1 Å². The molecule has 0 saturated heterocycles. The summed E-state index contributed by atoms with van der Waals surface area (Å²) in [6.07, 6.45) is 5.63. The van der Waals surface area contributed by atoms with Gasteiger partial charge in [-0.25, -0.2) is 14.1 Å². The second-order valence-electron chi connectivity index (χ2n) is 4.59. The Bertz CT molecular complexity index is 464. The molecule has 0 N–H and O–H groups in total. The Morgan fingerprint density at radius 3 is 2.64 bits per heavy atom. The maximum Gasteiger partial charge on any atom is 0.220 e. The number of aryl methyl sites for hydroxylation is 1. The van der Waals surface area contributed by atoms with Crippen molar-refractivity contribution in [3.8, 4) is 0 Å². The third-order valence-electron chi connectivity index (χ3n) is 2.22. The molecule has 0 aliphatic rings. The van der Waals surface area contributed by atoms with Crippen molar-refractivity contribution in [3.63, 3.8) is 0 Å². The quantitative estimate of drug-likeness (QED) is 0.578. The Kier molecular flexibility index (Phi) is 1.80. The van der Waals surface area contributed by atoms with Crippen LogP contribution in [0.5, 0.6) is 0 Å². The van der Waals surface area contributed by atoms with E-state index in [1.165, 1.54) is 0 Å². The van der Waals surface area contributed by atoms with Gasteiger partial charge in [0.05, 0.1) is 0 Å². The van der Waals surface area contributed by atoms with Gasteiger partial charge in [-0.2, -0.15) is 5.10 Å². The fraction of sp³-hybridized carbons (Fsp3) is 0.500. The van der Waals surface area contributed by atoms with Crippen molar-refractivity contribution in [1.82, 2.24) is 14.6 Å². The average molecular weight is 191 g/mol. The number of hydrogen-bond acceptors (Lipinski definition) is 2. The van der Waals surface area contributed by atoms with Gasteiger partial charge < -0.3 is 0 Å². The smallest absolute Gasteiger partial charge is 0.210 e. The lowest BCUT2D eigenvalue weighted by Crippen LogP contribution is -2.32. The third-order valence-corrected chi connectivity index (χ3v) is 2.22. The Balaban J connectivity index is 2.80. The molecule has 0 atom stereocenters. The van der Waals surface area contributed by atoms with Crippen LogP contribution in [0.2, 0.25) is 0 Å². The molecule has 0 fully saturated rings. The summed E-state index contributed by atoms with van der Waals surface area (Å²) in [4.78, 5) is 4.18. The lowest BCUT2D eigenvalue weighted by Gasteiger charge is -2.17. The SMILES string of the molecule is C[n+]1cc(C(C)(C)C)n2ncnc2c1. The molecule has 14 heavy (non-hydrogen) atoms. The molecule has 4 heteroatoms. The van der Waals surface area contributed by atoms with Crippen LogP contribution in [-0.4, -0.2) is 14.6 Å². The largest absolute Gasteiger partial charge is 0.220 e. The molecular weight excluding hydrogens is 176 g/mol. The van der Waals surface area contributed by atoms with E-state index in [2.05, 4.69) is 37.1 Å². The van der Waals surface area contributed by atoms with E-state index in [1.54, 1.807) is 6.33 Å². The Labute approximate surface area is 83.2 Å². The highest BCUT2D eigenvalue weighted by molar-refractivity contribution is 5.32. The average Bonchev–Trinajstić information content (AvgIpc) is 2.47. The number of hydrogen-bond donors (Lipinski definition) is 0. The summed E-state index contributed by atoms with van der Waals surface area (Å²) in [6.45, 7) is 6.51. The Hall–Kier alpha value is -1.45. The summed E-state index contributed by atoms with van der Waals surface area (Å²) < 4.78 is 3.91. The lowest BCUT2D eigenvalue weighted by molar-refractivity contribution is -0.671. The van der Waals surface area contributed by atoms with Crippen molar-refractivity contribution >= 4 is 5.65 Å². The van der Waals surface area contributed by atoms with Crippen LogP contribution in [0.15, 0.2) is 18.7 Å². The van der Waals surface area contributed by atoms with Gasteiger partial charge >= 0.3 is 0 Å². The van der Waals surface area contributed by atoms with E-state index in [0.29, 0.717) is 0 Å². The molecule has 0 amide bonds. The van der Waals surface area contributed by atoms with E-state index in [0.717, 1.165) is 11.3 Å². The zero-order valence-electron chi connectivity index (χ0n) is 9.02. The fourth-order valence-corrected chi connectivity index (χ4v) is 1.50. The van der Waals surface area contributed by atoms with Crippen molar-refractivity contribution in [2.24, 2.45) is 7.05 Å². The number of nitrogens with zero attached hydrogens (tertiary/aromatic N) is 4. The molecular formula is C10H15N4+. The van der Waals surface area contributed by atoms with Crippen molar-refractivity contribution in [1.29, 1.82) is 0 Å². The van der Waals surface area contributed by atoms with Gasteiger partial charge in [-0.05, 0) is 0 Å². The first-order valence-corrected chi connectivity index (χ1v) is 4.68. The fourth-order valence-electron chi connectivity index (χ4n) is 1.50. The summed E-state index contributed by atoms with van der Waals surface area (Å²) in [5.74, 6) is 0. The van der Waals surface area contributed by atoms with Crippen LogP contribution in [0.25, 0.3) is 5.65 Å². The molecule has 0 unspecified atom stereocenters. The third kappa shape index (κ3) is 1.36. The second kappa shape index (κ2) is 2.77. The van der Waals surface area contributed by atoms with Gasteiger partial charge in [-0.15, -0.1) is 0 Å². The molecule has 0 saturated carbocycles. The highest BCUT2D eigenvalue weighted by Gasteiger charge is 2.22. The topological polar surface area (TPSA) is 34.1 Å². The zero-order valence-corrected chi connectivity index (χ0v) is 9.02. The van der Waals surface area contributed by atoms with Crippen molar-refractivity contribution < 1.29 is 4.57 Å². The van der Waals surface area contributed by atoms with Crippen LogP contribution in [0.1, 0.15) is 26.5 Å². The molecule has 0 bridgehead atoms. The zero-order chi connectivity index (χ0) is 10.3. The summed E-state index contributed by atoms with van der Waals surface area (Å²) in [5.41, 5.74) is 2.13. The normalized spacial score (nSPS) is 12.3. The molecule has 2 rings (SSSR count). The predicted octanol–water partition coefficient (Wildman–Crippen LogP) is 0.851. The summed E-state index contributed by atoms with van der Waals surface area (Å²) in [6, 6.07) is 0. The standard InChI is InChI=1S/C10H15N4/c1-10(2,3)8-5-13(4)6-9-11-7-12-14(8)9/h5-7H,1-4H3/q+1. The van der Waals surface area contributed by atoms with Crippen molar-refractivity contribution in [2.45, 2.75) is 26.2 Å². The van der Waals surface area contributed by atoms with Gasteiger partial charge in [0, 0.05) is 5.41 Å². The molecule has 2 aromatic rings. The minimum Gasteiger partial charge on any atom is -0.210 e. The number of aromatic nitrogens is 4. The van der Waals surface area contributed by atoms with Gasteiger partial charge in [0.15, 0.2) is 6.20 Å². The van der Waals surface area contributed by atoms with E-state index in [-0.39, 0.29) is 5.41 Å². The van der Waals surface area contributed by atoms with Gasteiger partial charge in [0.2, 0.25) is 11.8 Å². The van der Waals surface area contributed by atoms with Crippen LogP contribution in [-0.2, 0) is 12.5 Å². The van der Waals surface area contributed by atoms with Gasteiger partial charge in [-0.1, -0.05) is 20.8 Å². The molecule has 0 spiro atoms. The molecule has 0 aliphatic heterocycles. The van der Waals surface area contributed by atoms with E-state index < -0.39 is 0 Å². The van der Waals surface area contributed by atoms with Crippen LogP contribution < -0.4 is 4.57 Å². The summed E-state index contributed by atoms with van der Waals surface area (Å²) in [5, 5.41) is 4.22. The van der Waals surface area contributed by atoms with Crippen LogP contribution in [0.3, 0.4) is 0 Å². The van der Waals surface area contributed by atoms with Crippen LogP contribution in [0.4, 0.5) is 0 Å². The first-order chi connectivity index (χ1) is 6.48. The van der Waals surface area contributed by atoms with Crippen molar-refractivity contribution in [3.05, 3.63) is 24.4 Å². The molecule has 0 aliphatic carbocycles. The lowest BCUT2D eigenvalue weighted by atomic mass is 9.92. The van der Waals surface area contributed by atoms with E-state index in [4.69, 9.17) is 0 Å². The molecule has 74 valence electrons. The molecule has 4 nitrogen and oxygen atoms in total. The van der Waals surface area contributed by atoms with E-state index in [9.17, 15) is 0 Å². The molecule has 0 aromatic carbocycles. The maximum atomic E-state index is 4.22.